The van der Waals surface area contributed by atoms with Gasteiger partial charge >= 0.3 is 29.8 Å². The number of rotatable bonds is 9. The fraction of sp³-hybridized carbons (Fsp3) is 0.822. The molecule has 1 heterocycles. The maximum atomic E-state index is 15.0. The Kier molecular flexibility index (Phi) is 11.9. The molecule has 0 spiro atoms. The van der Waals surface area contributed by atoms with Gasteiger partial charge in [-0.2, -0.15) is 5.06 Å². The Balaban J connectivity index is 1.37. The summed E-state index contributed by atoms with van der Waals surface area (Å²) in [6.07, 6.45) is 2.45. The molecule has 0 bridgehead atoms. The molecule has 0 amide bonds. The number of carbonyl (C=O) groups is 6. The van der Waals surface area contributed by atoms with Crippen molar-refractivity contribution in [3.63, 3.8) is 0 Å². The number of ketones is 1. The molecule has 0 aromatic heterocycles. The number of nitrogens with zero attached hydrogens (tertiary/aromatic N) is 1. The van der Waals surface area contributed by atoms with E-state index in [-0.39, 0.29) is 52.4 Å². The van der Waals surface area contributed by atoms with Gasteiger partial charge in [-0.15, -0.1) is 0 Å². The molecule has 14 nitrogen and oxygen atoms in total. The van der Waals surface area contributed by atoms with Crippen LogP contribution < -0.4 is 0 Å². The van der Waals surface area contributed by atoms with Gasteiger partial charge in [-0.05, 0) is 110 Å². The van der Waals surface area contributed by atoms with Crippen LogP contribution in [0.4, 0.5) is 0 Å². The molecule has 1 N–H and O–H groups in total. The Labute approximate surface area is 348 Å². The van der Waals surface area contributed by atoms with Gasteiger partial charge in [0.1, 0.15) is 12.7 Å². The number of fused-ring (bicyclic) bond motifs is 7. The van der Waals surface area contributed by atoms with Crippen molar-refractivity contribution in [3.05, 3.63) is 11.6 Å². The molecule has 59 heavy (non-hydrogen) atoms. The van der Waals surface area contributed by atoms with Crippen molar-refractivity contribution in [2.24, 2.45) is 50.2 Å². The Morgan fingerprint density at radius 3 is 1.95 bits per heavy atom. The highest BCUT2D eigenvalue weighted by atomic mass is 16.7. The summed E-state index contributed by atoms with van der Waals surface area (Å²) in [5, 5.41) is 12.0. The maximum Gasteiger partial charge on any atom is 0.309 e. The van der Waals surface area contributed by atoms with Crippen LogP contribution in [0.1, 0.15) is 134 Å². The van der Waals surface area contributed by atoms with E-state index in [2.05, 4.69) is 41.5 Å². The van der Waals surface area contributed by atoms with Crippen LogP contribution in [0.2, 0.25) is 0 Å². The minimum Gasteiger partial charge on any atom is -0.481 e. The molecule has 14 heteroatoms. The Bertz CT molecular complexity index is 1780. The maximum absolute atomic E-state index is 15.0. The van der Waals surface area contributed by atoms with Gasteiger partial charge in [-0.25, -0.2) is 0 Å². The minimum atomic E-state index is -1.35. The minimum absolute atomic E-state index is 0.0207. The van der Waals surface area contributed by atoms with Gasteiger partial charge in [0.05, 0.1) is 12.5 Å². The van der Waals surface area contributed by atoms with Gasteiger partial charge in [-0.3, -0.25) is 33.6 Å². The van der Waals surface area contributed by atoms with Gasteiger partial charge in [0.25, 0.3) is 0 Å². The van der Waals surface area contributed by atoms with Crippen LogP contribution in [0.5, 0.6) is 0 Å². The van der Waals surface area contributed by atoms with E-state index in [1.807, 2.05) is 13.0 Å². The van der Waals surface area contributed by atoms with E-state index in [0.717, 1.165) is 37.7 Å². The average molecular weight is 830 g/mol. The lowest BCUT2D eigenvalue weighted by molar-refractivity contribution is -0.357. The lowest BCUT2D eigenvalue weighted by Crippen LogP contribution is -2.71. The zero-order chi connectivity index (χ0) is 43.8. The summed E-state index contributed by atoms with van der Waals surface area (Å²) in [7, 11) is 1.49. The number of carboxylic acid groups (broad SMARTS) is 1. The summed E-state index contributed by atoms with van der Waals surface area (Å²) >= 11 is 0. The topological polar surface area (TPSA) is 181 Å². The first kappa shape index (κ1) is 45.2. The first-order valence-corrected chi connectivity index (χ1v) is 21.4. The SMILES string of the molecule is CON([C@@H]1O[C@H](COC(C)=O)[C@@H](OC(C)=O)[C@H](OC(C)=O)[C@H]1OC(C)=O)[C@H]1CC[C@]2(C)[C@H]3C(=O)C=C4[C@@H]5C[C@@](C)(C(=O)O)CC[C@]5(C)CC[C@@]4(C)[C@]3(C)CC[C@H]2C1(C)C. The van der Waals surface area contributed by atoms with Crippen molar-refractivity contribution in [1.29, 1.82) is 0 Å². The van der Waals surface area contributed by atoms with E-state index in [1.54, 1.807) is 5.06 Å². The third kappa shape index (κ3) is 7.34. The zero-order valence-corrected chi connectivity index (χ0v) is 37.1. The predicted octanol–water partition coefficient (Wildman–Crippen LogP) is 6.37. The predicted molar refractivity (Wildman–Crippen MR) is 212 cm³/mol. The molecule has 4 saturated carbocycles. The smallest absolute Gasteiger partial charge is 0.309 e. The second kappa shape index (κ2) is 15.5. The van der Waals surface area contributed by atoms with Crippen molar-refractivity contribution >= 4 is 35.6 Å². The lowest BCUT2D eigenvalue weighted by atomic mass is 9.33. The summed E-state index contributed by atoms with van der Waals surface area (Å²) in [5.74, 6) is -3.59. The van der Waals surface area contributed by atoms with Crippen molar-refractivity contribution in [2.45, 2.75) is 171 Å². The van der Waals surface area contributed by atoms with Crippen molar-refractivity contribution < 1.29 is 62.4 Å². The number of carboxylic acids is 1. The number of carbonyl (C=O) groups excluding carboxylic acids is 5. The molecule has 14 atom stereocenters. The molecule has 5 aliphatic carbocycles. The number of aliphatic carboxylic acids is 1. The van der Waals surface area contributed by atoms with Gasteiger partial charge < -0.3 is 28.8 Å². The van der Waals surface area contributed by atoms with Gasteiger partial charge in [0, 0.05) is 39.7 Å². The molecule has 6 rings (SSSR count). The van der Waals surface area contributed by atoms with Crippen LogP contribution in [-0.2, 0) is 57.3 Å². The Hall–Kier alpha value is -3.36. The van der Waals surface area contributed by atoms with E-state index in [4.69, 9.17) is 28.5 Å². The molecule has 0 radical (unpaired) electrons. The summed E-state index contributed by atoms with van der Waals surface area (Å²) in [6, 6.07) is -0.373. The number of hydrogen-bond donors (Lipinski definition) is 1. The molecule has 0 unspecified atom stereocenters. The number of ether oxygens (including phenoxy) is 5. The highest BCUT2D eigenvalue weighted by molar-refractivity contribution is 5.95. The third-order valence-corrected chi connectivity index (χ3v) is 16.8. The summed E-state index contributed by atoms with van der Waals surface area (Å²) in [6.45, 7) is 19.9. The van der Waals surface area contributed by atoms with Crippen LogP contribution in [0.25, 0.3) is 0 Å². The monoisotopic (exact) mass is 829 g/mol. The van der Waals surface area contributed by atoms with Crippen molar-refractivity contribution in [1.82, 2.24) is 5.06 Å². The first-order valence-electron chi connectivity index (χ1n) is 21.4. The molecule has 330 valence electrons. The van der Waals surface area contributed by atoms with Gasteiger partial charge in [-0.1, -0.05) is 47.1 Å². The molecular formula is C45H67NO13. The van der Waals surface area contributed by atoms with E-state index in [0.29, 0.717) is 25.7 Å². The van der Waals surface area contributed by atoms with E-state index in [1.165, 1.54) is 34.8 Å². The zero-order valence-electron chi connectivity index (χ0n) is 37.1. The largest absolute Gasteiger partial charge is 0.481 e. The van der Waals surface area contributed by atoms with Crippen LogP contribution >= 0.6 is 0 Å². The number of esters is 4. The summed E-state index contributed by atoms with van der Waals surface area (Å²) in [4.78, 5) is 83.5. The molecule has 6 aliphatic rings. The molecule has 5 fully saturated rings. The second-order valence-corrected chi connectivity index (χ2v) is 20.6. The van der Waals surface area contributed by atoms with Crippen LogP contribution in [-0.4, -0.2) is 96.2 Å². The van der Waals surface area contributed by atoms with Crippen LogP contribution in [0.15, 0.2) is 11.6 Å². The molecule has 1 saturated heterocycles. The van der Waals surface area contributed by atoms with E-state index >= 15 is 4.79 Å². The molecule has 0 aromatic carbocycles. The summed E-state index contributed by atoms with van der Waals surface area (Å²) in [5.41, 5.74) is -1.32. The third-order valence-electron chi connectivity index (χ3n) is 16.8. The summed E-state index contributed by atoms with van der Waals surface area (Å²) < 4.78 is 29.2. The Morgan fingerprint density at radius 2 is 1.37 bits per heavy atom. The average Bonchev–Trinajstić information content (AvgIpc) is 3.11. The normalized spacial score (nSPS) is 43.7. The molecular weight excluding hydrogens is 762 g/mol. The standard InChI is InChI=1S/C45H67NO13/c1-24(47)55-23-31-34(56-25(2)48)35(57-26(3)49)36(58-27(4)50)38(59-31)46(54-12)33-14-15-43(9)32(40(33,5)6)13-16-45(11)37(43)30(51)21-28-29-22-42(8,39(52)53)18-17-41(29,7)19-20-44(28,45)10/h21,29,31-38H,13-20,22-23H2,1-12H3,(H,52,53)/t29-,31+,32-,33-,34+,35-,36+,37+,38+,41+,42-,43-,44+,45+/m0/s1. The second-order valence-electron chi connectivity index (χ2n) is 20.6. The van der Waals surface area contributed by atoms with Crippen LogP contribution in [0, 0.1) is 50.2 Å². The van der Waals surface area contributed by atoms with Crippen molar-refractivity contribution in [3.8, 4) is 0 Å². The quantitative estimate of drug-likeness (QED) is 0.154. The van der Waals surface area contributed by atoms with Gasteiger partial charge in [0.2, 0.25) is 0 Å². The van der Waals surface area contributed by atoms with Gasteiger partial charge in [0.15, 0.2) is 30.3 Å². The highest BCUT2D eigenvalue weighted by Gasteiger charge is 2.71. The highest BCUT2D eigenvalue weighted by Crippen LogP contribution is 2.75. The molecule has 1 aliphatic heterocycles. The van der Waals surface area contributed by atoms with Crippen LogP contribution in [0.3, 0.4) is 0 Å². The Morgan fingerprint density at radius 1 is 0.780 bits per heavy atom. The lowest BCUT2D eigenvalue weighted by Gasteiger charge is -2.71. The number of allylic oxidation sites excluding steroid dienone is 2. The first-order chi connectivity index (χ1) is 27.3. The number of hydrogen-bond acceptors (Lipinski definition) is 13. The molecule has 0 aromatic rings. The fourth-order valence-corrected chi connectivity index (χ4v) is 13.6. The fourth-order valence-electron chi connectivity index (χ4n) is 13.6. The van der Waals surface area contributed by atoms with E-state index < -0.39 is 76.7 Å². The number of hydroxylamine groups is 2. The van der Waals surface area contributed by atoms with E-state index in [9.17, 15) is 29.1 Å². The van der Waals surface area contributed by atoms with Crippen molar-refractivity contribution in [2.75, 3.05) is 13.7 Å².